The van der Waals surface area contributed by atoms with Crippen LogP contribution in [0, 0.1) is 0 Å². The molecule has 0 radical (unpaired) electrons. The summed E-state index contributed by atoms with van der Waals surface area (Å²) in [4.78, 5) is 7.16. The van der Waals surface area contributed by atoms with Crippen LogP contribution in [0.2, 0.25) is 0 Å². The zero-order chi connectivity index (χ0) is 16.3. The highest BCUT2D eigenvalue weighted by atomic mass is 16.5. The van der Waals surface area contributed by atoms with Gasteiger partial charge in [0.05, 0.1) is 19.3 Å². The Labute approximate surface area is 142 Å². The lowest BCUT2D eigenvalue weighted by Gasteiger charge is -2.19. The topological polar surface area (TPSA) is 48.9 Å². The highest BCUT2D eigenvalue weighted by molar-refractivity contribution is 5.79. The van der Waals surface area contributed by atoms with Gasteiger partial charge in [-0.05, 0) is 46.2 Å². The molecule has 2 rings (SSSR count). The van der Waals surface area contributed by atoms with Crippen LogP contribution in [-0.2, 0) is 4.74 Å². The number of rotatable bonds is 7. The van der Waals surface area contributed by atoms with E-state index in [-0.39, 0.29) is 0 Å². The third-order valence-corrected chi connectivity index (χ3v) is 5.03. The van der Waals surface area contributed by atoms with Crippen molar-refractivity contribution in [3.63, 3.8) is 0 Å². The molecule has 0 amide bonds. The van der Waals surface area contributed by atoms with E-state index in [0.717, 1.165) is 32.2 Å². The van der Waals surface area contributed by atoms with Crippen LogP contribution in [0.1, 0.15) is 58.3 Å². The maximum Gasteiger partial charge on any atom is 0.191 e. The molecule has 1 unspecified atom stereocenters. The molecule has 0 aromatic rings. The molecule has 2 aliphatic rings. The average molecular weight is 325 g/mol. The SMILES string of the molecule is CCNC(=NCC1CCCN1C)NCCOC1CCCCCC1. The Morgan fingerprint density at radius 1 is 1.09 bits per heavy atom. The van der Waals surface area contributed by atoms with Crippen LogP contribution in [0.3, 0.4) is 0 Å². The quantitative estimate of drug-likeness (QED) is 0.327. The van der Waals surface area contributed by atoms with Gasteiger partial charge >= 0.3 is 0 Å². The van der Waals surface area contributed by atoms with Gasteiger partial charge in [0.15, 0.2) is 5.96 Å². The fourth-order valence-electron chi connectivity index (χ4n) is 3.55. The van der Waals surface area contributed by atoms with E-state index in [1.165, 1.54) is 57.9 Å². The summed E-state index contributed by atoms with van der Waals surface area (Å²) < 4.78 is 6.03. The standard InChI is InChI=1S/C18H36N4O/c1-3-19-18(21-15-16-9-8-13-22(16)2)20-12-14-23-17-10-6-4-5-7-11-17/h16-17H,3-15H2,1-2H3,(H2,19,20,21). The Balaban J connectivity index is 1.65. The van der Waals surface area contributed by atoms with Crippen molar-refractivity contribution in [3.05, 3.63) is 0 Å². The molecule has 0 bridgehead atoms. The van der Waals surface area contributed by atoms with E-state index >= 15 is 0 Å². The lowest BCUT2D eigenvalue weighted by Crippen LogP contribution is -2.40. The Morgan fingerprint density at radius 3 is 2.52 bits per heavy atom. The predicted molar refractivity (Wildman–Crippen MR) is 97.1 cm³/mol. The van der Waals surface area contributed by atoms with Gasteiger partial charge in [0, 0.05) is 19.1 Å². The molecule has 23 heavy (non-hydrogen) atoms. The van der Waals surface area contributed by atoms with Gasteiger partial charge < -0.3 is 20.3 Å². The van der Waals surface area contributed by atoms with E-state index in [1.807, 2.05) is 0 Å². The fourth-order valence-corrected chi connectivity index (χ4v) is 3.55. The molecule has 2 fully saturated rings. The summed E-state index contributed by atoms with van der Waals surface area (Å²) in [6.45, 7) is 6.71. The van der Waals surface area contributed by atoms with Crippen molar-refractivity contribution in [3.8, 4) is 0 Å². The van der Waals surface area contributed by atoms with Crippen LogP contribution >= 0.6 is 0 Å². The molecule has 1 heterocycles. The predicted octanol–water partition coefficient (Wildman–Crippen LogP) is 2.38. The number of hydrogen-bond acceptors (Lipinski definition) is 3. The molecule has 0 aromatic carbocycles. The van der Waals surface area contributed by atoms with Gasteiger partial charge in [-0.25, -0.2) is 0 Å². The number of hydrogen-bond donors (Lipinski definition) is 2. The molecule has 1 aliphatic heterocycles. The number of guanidine groups is 1. The summed E-state index contributed by atoms with van der Waals surface area (Å²) in [6, 6.07) is 0.604. The zero-order valence-electron chi connectivity index (χ0n) is 15.1. The molecule has 1 saturated carbocycles. The number of aliphatic imine (C=N–C) groups is 1. The molecule has 0 spiro atoms. The normalized spacial score (nSPS) is 24.6. The third-order valence-electron chi connectivity index (χ3n) is 5.03. The summed E-state index contributed by atoms with van der Waals surface area (Å²) in [6.07, 6.45) is 10.9. The number of ether oxygens (including phenoxy) is 1. The zero-order valence-corrected chi connectivity index (χ0v) is 15.1. The van der Waals surface area contributed by atoms with Crippen LogP contribution in [-0.4, -0.2) is 62.8 Å². The van der Waals surface area contributed by atoms with E-state index < -0.39 is 0 Å². The monoisotopic (exact) mass is 324 g/mol. The molecule has 0 aromatic heterocycles. The lowest BCUT2D eigenvalue weighted by atomic mass is 10.1. The minimum atomic E-state index is 0.478. The van der Waals surface area contributed by atoms with E-state index in [0.29, 0.717) is 12.1 Å². The lowest BCUT2D eigenvalue weighted by molar-refractivity contribution is 0.0468. The van der Waals surface area contributed by atoms with Crippen LogP contribution < -0.4 is 10.6 Å². The molecular formula is C18H36N4O. The van der Waals surface area contributed by atoms with E-state index in [1.54, 1.807) is 0 Å². The summed E-state index contributed by atoms with van der Waals surface area (Å²) >= 11 is 0. The van der Waals surface area contributed by atoms with Crippen molar-refractivity contribution >= 4 is 5.96 Å². The van der Waals surface area contributed by atoms with Gasteiger partial charge in [-0.15, -0.1) is 0 Å². The van der Waals surface area contributed by atoms with Crippen LogP contribution in [0.5, 0.6) is 0 Å². The first-order chi connectivity index (χ1) is 11.3. The summed E-state index contributed by atoms with van der Waals surface area (Å²) in [5.74, 6) is 0.928. The van der Waals surface area contributed by atoms with Crippen LogP contribution in [0.15, 0.2) is 4.99 Å². The second kappa shape index (κ2) is 10.9. The maximum absolute atomic E-state index is 6.03. The highest BCUT2D eigenvalue weighted by Gasteiger charge is 2.20. The molecule has 5 nitrogen and oxygen atoms in total. The van der Waals surface area contributed by atoms with E-state index in [4.69, 9.17) is 9.73 Å². The minimum absolute atomic E-state index is 0.478. The second-order valence-electron chi connectivity index (χ2n) is 6.91. The molecule has 1 saturated heterocycles. The summed E-state index contributed by atoms with van der Waals surface area (Å²) in [5.41, 5.74) is 0. The molecule has 1 aliphatic carbocycles. The number of likely N-dealkylation sites (N-methyl/N-ethyl adjacent to an activating group) is 1. The average Bonchev–Trinajstić information content (AvgIpc) is 2.80. The molecular weight excluding hydrogens is 288 g/mol. The van der Waals surface area contributed by atoms with Gasteiger partial charge in [0.1, 0.15) is 0 Å². The van der Waals surface area contributed by atoms with Crippen LogP contribution in [0.25, 0.3) is 0 Å². The molecule has 134 valence electrons. The number of likely N-dealkylation sites (tertiary alicyclic amines) is 1. The van der Waals surface area contributed by atoms with Crippen LogP contribution in [0.4, 0.5) is 0 Å². The summed E-state index contributed by atoms with van der Waals surface area (Å²) in [7, 11) is 2.20. The molecule has 5 heteroatoms. The maximum atomic E-state index is 6.03. The smallest absolute Gasteiger partial charge is 0.191 e. The molecule has 2 N–H and O–H groups in total. The van der Waals surface area contributed by atoms with Crippen molar-refractivity contribution in [2.45, 2.75) is 70.4 Å². The van der Waals surface area contributed by atoms with Gasteiger partial charge in [-0.3, -0.25) is 4.99 Å². The highest BCUT2D eigenvalue weighted by Crippen LogP contribution is 2.19. The van der Waals surface area contributed by atoms with Gasteiger partial charge in [-0.1, -0.05) is 25.7 Å². The largest absolute Gasteiger partial charge is 0.376 e. The van der Waals surface area contributed by atoms with Gasteiger partial charge in [0.25, 0.3) is 0 Å². The third kappa shape index (κ3) is 7.08. The van der Waals surface area contributed by atoms with Crippen molar-refractivity contribution < 1.29 is 4.74 Å². The Bertz CT molecular complexity index is 340. The first kappa shape index (κ1) is 18.5. The number of nitrogens with zero attached hydrogens (tertiary/aromatic N) is 2. The van der Waals surface area contributed by atoms with Crippen molar-refractivity contribution in [2.75, 3.05) is 39.8 Å². The Hall–Kier alpha value is -0.810. The van der Waals surface area contributed by atoms with Crippen molar-refractivity contribution in [1.29, 1.82) is 0 Å². The fraction of sp³-hybridized carbons (Fsp3) is 0.944. The van der Waals surface area contributed by atoms with Crippen molar-refractivity contribution in [1.82, 2.24) is 15.5 Å². The van der Waals surface area contributed by atoms with E-state index in [2.05, 4.69) is 29.5 Å². The first-order valence-electron chi connectivity index (χ1n) is 9.63. The first-order valence-corrected chi connectivity index (χ1v) is 9.63. The van der Waals surface area contributed by atoms with E-state index in [9.17, 15) is 0 Å². The molecule has 1 atom stereocenters. The Kier molecular flexibility index (Phi) is 8.76. The minimum Gasteiger partial charge on any atom is -0.376 e. The van der Waals surface area contributed by atoms with Gasteiger partial charge in [-0.2, -0.15) is 0 Å². The summed E-state index contributed by atoms with van der Waals surface area (Å²) in [5, 5.41) is 6.74. The Morgan fingerprint density at radius 2 is 1.87 bits per heavy atom. The number of nitrogens with one attached hydrogen (secondary N) is 2. The van der Waals surface area contributed by atoms with Crippen molar-refractivity contribution in [2.24, 2.45) is 4.99 Å². The second-order valence-corrected chi connectivity index (χ2v) is 6.91. The van der Waals surface area contributed by atoms with Gasteiger partial charge in [0.2, 0.25) is 0 Å².